The molecular formula is C10H12N2O. The van der Waals surface area contributed by atoms with Crippen LogP contribution in [0.25, 0.3) is 11.0 Å². The third-order valence-electron chi connectivity index (χ3n) is 2.11. The van der Waals surface area contributed by atoms with Crippen LogP contribution in [0, 0.1) is 6.92 Å². The molecule has 1 aromatic carbocycles. The van der Waals surface area contributed by atoms with Crippen molar-refractivity contribution in [2.24, 2.45) is 0 Å². The molecule has 3 nitrogen and oxygen atoms in total. The zero-order valence-corrected chi connectivity index (χ0v) is 7.54. The fourth-order valence-corrected chi connectivity index (χ4v) is 1.45. The van der Waals surface area contributed by atoms with Crippen LogP contribution in [0.3, 0.4) is 0 Å². The van der Waals surface area contributed by atoms with Gasteiger partial charge in [0.25, 0.3) is 0 Å². The van der Waals surface area contributed by atoms with Crippen molar-refractivity contribution in [3.63, 3.8) is 0 Å². The van der Waals surface area contributed by atoms with E-state index in [9.17, 15) is 0 Å². The first-order chi connectivity index (χ1) is 6.31. The van der Waals surface area contributed by atoms with Gasteiger partial charge in [-0.25, -0.2) is 4.98 Å². The van der Waals surface area contributed by atoms with Gasteiger partial charge in [0.1, 0.15) is 5.82 Å². The van der Waals surface area contributed by atoms with Crippen molar-refractivity contribution < 1.29 is 5.11 Å². The number of rotatable bonds is 2. The minimum Gasteiger partial charge on any atom is -0.396 e. The molecule has 1 heterocycles. The van der Waals surface area contributed by atoms with E-state index >= 15 is 0 Å². The Kier molecular flexibility index (Phi) is 2.02. The SMILES string of the molecule is Cc1cccc2[nH]c(CCO)nc12. The second-order valence-corrected chi connectivity index (χ2v) is 3.13. The molecule has 0 aliphatic carbocycles. The van der Waals surface area contributed by atoms with Crippen molar-refractivity contribution in [1.29, 1.82) is 0 Å². The first-order valence-electron chi connectivity index (χ1n) is 4.36. The zero-order chi connectivity index (χ0) is 9.26. The third kappa shape index (κ3) is 1.42. The highest BCUT2D eigenvalue weighted by Crippen LogP contribution is 2.15. The van der Waals surface area contributed by atoms with Gasteiger partial charge in [-0.1, -0.05) is 12.1 Å². The van der Waals surface area contributed by atoms with Crippen molar-refractivity contribution in [3.05, 3.63) is 29.6 Å². The molecule has 13 heavy (non-hydrogen) atoms. The van der Waals surface area contributed by atoms with Crippen LogP contribution in [0.4, 0.5) is 0 Å². The summed E-state index contributed by atoms with van der Waals surface area (Å²) in [5.41, 5.74) is 3.22. The van der Waals surface area contributed by atoms with Gasteiger partial charge in [0.05, 0.1) is 17.6 Å². The summed E-state index contributed by atoms with van der Waals surface area (Å²) in [7, 11) is 0. The number of nitrogens with zero attached hydrogens (tertiary/aromatic N) is 1. The molecule has 0 aliphatic heterocycles. The number of aliphatic hydroxyl groups excluding tert-OH is 1. The standard InChI is InChI=1S/C10H12N2O/c1-7-3-2-4-8-10(7)12-9(11-8)5-6-13/h2-4,13H,5-6H2,1H3,(H,11,12). The number of hydrogen-bond donors (Lipinski definition) is 2. The number of aromatic nitrogens is 2. The summed E-state index contributed by atoms with van der Waals surface area (Å²) in [6.07, 6.45) is 0.591. The van der Waals surface area contributed by atoms with Crippen LogP contribution in [-0.4, -0.2) is 21.7 Å². The molecule has 0 fully saturated rings. The van der Waals surface area contributed by atoms with E-state index in [-0.39, 0.29) is 6.61 Å². The number of nitrogens with one attached hydrogen (secondary N) is 1. The fraction of sp³-hybridized carbons (Fsp3) is 0.300. The highest BCUT2D eigenvalue weighted by Gasteiger charge is 2.03. The Morgan fingerprint density at radius 2 is 2.31 bits per heavy atom. The molecule has 2 aromatic rings. The molecule has 0 radical (unpaired) electrons. The van der Waals surface area contributed by atoms with Crippen molar-refractivity contribution in [3.8, 4) is 0 Å². The lowest BCUT2D eigenvalue weighted by molar-refractivity contribution is 0.297. The van der Waals surface area contributed by atoms with Crippen LogP contribution < -0.4 is 0 Å². The Hall–Kier alpha value is -1.35. The van der Waals surface area contributed by atoms with Crippen LogP contribution in [0.1, 0.15) is 11.4 Å². The monoisotopic (exact) mass is 176 g/mol. The van der Waals surface area contributed by atoms with E-state index in [4.69, 9.17) is 5.11 Å². The molecule has 0 saturated carbocycles. The minimum atomic E-state index is 0.138. The molecule has 68 valence electrons. The van der Waals surface area contributed by atoms with E-state index in [1.807, 2.05) is 25.1 Å². The second kappa shape index (κ2) is 3.18. The maximum atomic E-state index is 8.75. The van der Waals surface area contributed by atoms with Crippen LogP contribution in [-0.2, 0) is 6.42 Å². The van der Waals surface area contributed by atoms with Crippen molar-refractivity contribution >= 4 is 11.0 Å². The third-order valence-corrected chi connectivity index (χ3v) is 2.11. The van der Waals surface area contributed by atoms with Gasteiger partial charge in [0.15, 0.2) is 0 Å². The molecule has 0 atom stereocenters. The van der Waals surface area contributed by atoms with E-state index in [0.29, 0.717) is 6.42 Å². The minimum absolute atomic E-state index is 0.138. The number of benzene rings is 1. The Bertz CT molecular complexity index is 420. The number of aliphatic hydroxyl groups is 1. The Balaban J connectivity index is 2.55. The van der Waals surface area contributed by atoms with Gasteiger partial charge in [-0.3, -0.25) is 0 Å². The molecular weight excluding hydrogens is 164 g/mol. The average Bonchev–Trinajstić information content (AvgIpc) is 2.49. The van der Waals surface area contributed by atoms with Gasteiger partial charge >= 0.3 is 0 Å². The van der Waals surface area contributed by atoms with Gasteiger partial charge in [-0.05, 0) is 18.6 Å². The lowest BCUT2D eigenvalue weighted by Gasteiger charge is -1.90. The summed E-state index contributed by atoms with van der Waals surface area (Å²) < 4.78 is 0. The van der Waals surface area contributed by atoms with Gasteiger partial charge < -0.3 is 10.1 Å². The number of fused-ring (bicyclic) bond motifs is 1. The summed E-state index contributed by atoms with van der Waals surface area (Å²) in [6, 6.07) is 6.03. The lowest BCUT2D eigenvalue weighted by atomic mass is 10.2. The van der Waals surface area contributed by atoms with Crippen LogP contribution in [0.15, 0.2) is 18.2 Å². The van der Waals surface area contributed by atoms with Gasteiger partial charge in [0.2, 0.25) is 0 Å². The molecule has 0 unspecified atom stereocenters. The highest BCUT2D eigenvalue weighted by atomic mass is 16.3. The van der Waals surface area contributed by atoms with E-state index in [1.54, 1.807) is 0 Å². The summed E-state index contributed by atoms with van der Waals surface area (Å²) in [5.74, 6) is 0.854. The van der Waals surface area contributed by atoms with Crippen LogP contribution in [0.2, 0.25) is 0 Å². The average molecular weight is 176 g/mol. The highest BCUT2D eigenvalue weighted by molar-refractivity contribution is 5.78. The number of hydrogen-bond acceptors (Lipinski definition) is 2. The molecule has 2 rings (SSSR count). The number of para-hydroxylation sites is 1. The van der Waals surface area contributed by atoms with E-state index < -0.39 is 0 Å². The van der Waals surface area contributed by atoms with E-state index in [0.717, 1.165) is 22.4 Å². The molecule has 0 bridgehead atoms. The topological polar surface area (TPSA) is 48.9 Å². The Labute approximate surface area is 76.4 Å². The first kappa shape index (κ1) is 8.26. The summed E-state index contributed by atoms with van der Waals surface area (Å²) in [4.78, 5) is 7.55. The maximum Gasteiger partial charge on any atom is 0.109 e. The van der Waals surface area contributed by atoms with Crippen LogP contribution in [0.5, 0.6) is 0 Å². The largest absolute Gasteiger partial charge is 0.396 e. The number of aromatic amines is 1. The summed E-state index contributed by atoms with van der Waals surface area (Å²) >= 11 is 0. The van der Waals surface area contributed by atoms with E-state index in [2.05, 4.69) is 9.97 Å². The number of imidazole rings is 1. The predicted molar refractivity (Wildman–Crippen MR) is 51.6 cm³/mol. The molecule has 2 N–H and O–H groups in total. The molecule has 0 amide bonds. The lowest BCUT2D eigenvalue weighted by Crippen LogP contribution is -1.91. The van der Waals surface area contributed by atoms with Gasteiger partial charge in [-0.15, -0.1) is 0 Å². The first-order valence-corrected chi connectivity index (χ1v) is 4.36. The zero-order valence-electron chi connectivity index (χ0n) is 7.54. The molecule has 1 aromatic heterocycles. The number of aryl methyl sites for hydroxylation is 1. The summed E-state index contributed by atoms with van der Waals surface area (Å²) in [6.45, 7) is 2.17. The van der Waals surface area contributed by atoms with Crippen molar-refractivity contribution in [2.75, 3.05) is 6.61 Å². The molecule has 3 heteroatoms. The molecule has 0 saturated heterocycles. The van der Waals surface area contributed by atoms with Crippen molar-refractivity contribution in [1.82, 2.24) is 9.97 Å². The number of H-pyrrole nitrogens is 1. The van der Waals surface area contributed by atoms with Gasteiger partial charge in [-0.2, -0.15) is 0 Å². The summed E-state index contributed by atoms with van der Waals surface area (Å²) in [5, 5.41) is 8.75. The molecule has 0 spiro atoms. The second-order valence-electron chi connectivity index (χ2n) is 3.13. The Morgan fingerprint density at radius 1 is 1.46 bits per heavy atom. The van der Waals surface area contributed by atoms with Crippen molar-refractivity contribution in [2.45, 2.75) is 13.3 Å². The Morgan fingerprint density at radius 3 is 3.00 bits per heavy atom. The van der Waals surface area contributed by atoms with Gasteiger partial charge in [0, 0.05) is 6.42 Å². The van der Waals surface area contributed by atoms with E-state index in [1.165, 1.54) is 0 Å². The normalized spacial score (nSPS) is 10.9. The fourth-order valence-electron chi connectivity index (χ4n) is 1.45. The smallest absolute Gasteiger partial charge is 0.109 e. The quantitative estimate of drug-likeness (QED) is 0.726. The van der Waals surface area contributed by atoms with Crippen LogP contribution >= 0.6 is 0 Å². The maximum absolute atomic E-state index is 8.75. The molecule has 0 aliphatic rings. The predicted octanol–water partition coefficient (Wildman–Crippen LogP) is 1.41.